The lowest BCUT2D eigenvalue weighted by Gasteiger charge is -2.04. The summed E-state index contributed by atoms with van der Waals surface area (Å²) in [4.78, 5) is 13.8. The van der Waals surface area contributed by atoms with E-state index in [0.29, 0.717) is 6.42 Å². The van der Waals surface area contributed by atoms with E-state index in [9.17, 15) is 4.79 Å². The summed E-state index contributed by atoms with van der Waals surface area (Å²) >= 11 is 0. The van der Waals surface area contributed by atoms with Crippen LogP contribution >= 0.6 is 0 Å². The Labute approximate surface area is 189 Å². The number of aryl methyl sites for hydroxylation is 2. The van der Waals surface area contributed by atoms with Crippen LogP contribution < -0.4 is 4.57 Å². The van der Waals surface area contributed by atoms with Gasteiger partial charge in [0.05, 0.1) is 0 Å². The summed E-state index contributed by atoms with van der Waals surface area (Å²) in [5.74, 6) is 0.534. The minimum absolute atomic E-state index is 0.333. The normalized spacial score (nSPS) is 11.1. The summed E-state index contributed by atoms with van der Waals surface area (Å²) in [5.41, 5.74) is 2.63. The number of carboxylic acid groups (broad SMARTS) is 1. The van der Waals surface area contributed by atoms with Gasteiger partial charge in [-0.3, -0.25) is 4.79 Å². The molecule has 0 aliphatic carbocycles. The lowest BCUT2D eigenvalue weighted by atomic mass is 10.0. The molecule has 0 aliphatic heterocycles. The number of aromatic nitrogens is 2. The Kier molecular flexibility index (Phi) is 12.7. The van der Waals surface area contributed by atoms with Crippen LogP contribution in [-0.2, 0) is 11.2 Å². The quantitative estimate of drug-likeness (QED) is 0.197. The molecule has 2 rings (SSSR count). The van der Waals surface area contributed by atoms with Gasteiger partial charge < -0.3 is 5.11 Å². The molecule has 0 atom stereocenters. The van der Waals surface area contributed by atoms with Crippen molar-refractivity contribution >= 4 is 5.97 Å². The third-order valence-corrected chi connectivity index (χ3v) is 6.16. The zero-order chi connectivity index (χ0) is 22.2. The number of nitrogens with zero attached hydrogens (tertiary/aromatic N) is 1. The Bertz CT molecular complexity index is 724. The average molecular weight is 428 g/mol. The van der Waals surface area contributed by atoms with Crippen LogP contribution in [0.3, 0.4) is 0 Å². The Morgan fingerprint density at radius 2 is 1.26 bits per heavy atom. The molecule has 1 heterocycles. The van der Waals surface area contributed by atoms with Crippen LogP contribution in [0.25, 0.3) is 5.69 Å². The van der Waals surface area contributed by atoms with E-state index in [-0.39, 0.29) is 0 Å². The first-order chi connectivity index (χ1) is 15.2. The fourth-order valence-electron chi connectivity index (χ4n) is 4.36. The highest BCUT2D eigenvalue weighted by Crippen LogP contribution is 2.14. The predicted molar refractivity (Wildman–Crippen MR) is 128 cm³/mol. The van der Waals surface area contributed by atoms with Crippen molar-refractivity contribution in [2.75, 3.05) is 0 Å². The largest absolute Gasteiger partial charge is 0.481 e. The first-order valence-electron chi connectivity index (χ1n) is 12.5. The molecule has 0 aliphatic rings. The number of imidazole rings is 1. The van der Waals surface area contributed by atoms with Crippen molar-refractivity contribution in [1.29, 1.82) is 0 Å². The minimum atomic E-state index is -0.660. The predicted octanol–water partition coefficient (Wildman–Crippen LogP) is 7.08. The van der Waals surface area contributed by atoms with Gasteiger partial charge >= 0.3 is 5.97 Å². The number of para-hydroxylation sites is 1. The average Bonchev–Trinajstić information content (AvgIpc) is 3.14. The molecule has 4 heteroatoms. The molecule has 0 saturated carbocycles. The second-order valence-electron chi connectivity index (χ2n) is 8.88. The van der Waals surface area contributed by atoms with Crippen LogP contribution in [-0.4, -0.2) is 16.1 Å². The van der Waals surface area contributed by atoms with Crippen molar-refractivity contribution in [2.24, 2.45) is 0 Å². The Morgan fingerprint density at radius 3 is 1.77 bits per heavy atom. The van der Waals surface area contributed by atoms with Crippen LogP contribution in [0.2, 0.25) is 0 Å². The molecule has 0 saturated heterocycles. The number of hydrogen-bond acceptors (Lipinski definition) is 1. The van der Waals surface area contributed by atoms with Crippen molar-refractivity contribution in [3.05, 3.63) is 48.0 Å². The number of rotatable bonds is 18. The van der Waals surface area contributed by atoms with Gasteiger partial charge in [-0.05, 0) is 25.0 Å². The molecule has 0 unspecified atom stereocenters. The first-order valence-corrected chi connectivity index (χ1v) is 12.5. The number of H-pyrrole nitrogens is 1. The van der Waals surface area contributed by atoms with E-state index in [1.165, 1.54) is 94.3 Å². The first kappa shape index (κ1) is 25.2. The van der Waals surface area contributed by atoms with Crippen molar-refractivity contribution in [2.45, 2.75) is 110 Å². The third kappa shape index (κ3) is 10.7. The van der Waals surface area contributed by atoms with Gasteiger partial charge in [0.25, 0.3) is 5.82 Å². The van der Waals surface area contributed by atoms with E-state index in [0.717, 1.165) is 19.3 Å². The highest BCUT2D eigenvalue weighted by molar-refractivity contribution is 5.66. The van der Waals surface area contributed by atoms with E-state index in [1.54, 1.807) is 0 Å². The minimum Gasteiger partial charge on any atom is -0.481 e. The fourth-order valence-corrected chi connectivity index (χ4v) is 4.36. The van der Waals surface area contributed by atoms with E-state index in [4.69, 9.17) is 5.11 Å². The number of carbonyl (C=O) groups is 1. The molecule has 0 amide bonds. The third-order valence-electron chi connectivity index (χ3n) is 6.16. The maximum absolute atomic E-state index is 10.5. The maximum atomic E-state index is 10.5. The van der Waals surface area contributed by atoms with E-state index >= 15 is 0 Å². The topological polar surface area (TPSA) is 57.0 Å². The number of carboxylic acids is 1. The maximum Gasteiger partial charge on any atom is 0.303 e. The summed E-state index contributed by atoms with van der Waals surface area (Å²) < 4.78 is 2.34. The van der Waals surface area contributed by atoms with Crippen LogP contribution in [0.5, 0.6) is 0 Å². The Morgan fingerprint density at radius 1 is 0.774 bits per heavy atom. The SMILES string of the molecule is Cc1[nH]cc(CCCCCCCCCCCCCCCCC(=O)O)[n+]1-c1ccccc1. The van der Waals surface area contributed by atoms with Gasteiger partial charge in [0.15, 0.2) is 0 Å². The van der Waals surface area contributed by atoms with E-state index < -0.39 is 5.97 Å². The number of hydrogen-bond donors (Lipinski definition) is 2. The fraction of sp³-hybridized carbons (Fsp3) is 0.630. The van der Waals surface area contributed by atoms with Crippen LogP contribution in [0.15, 0.2) is 36.5 Å². The molecule has 2 N–H and O–H groups in total. The lowest BCUT2D eigenvalue weighted by Crippen LogP contribution is -2.36. The van der Waals surface area contributed by atoms with E-state index in [2.05, 4.69) is 53.0 Å². The van der Waals surface area contributed by atoms with Gasteiger partial charge in [-0.1, -0.05) is 95.2 Å². The summed E-state index contributed by atoms with van der Waals surface area (Å²) in [6, 6.07) is 10.6. The number of benzene rings is 1. The molecule has 0 spiro atoms. The molecular weight excluding hydrogens is 384 g/mol. The molecule has 1 aromatic heterocycles. The number of aliphatic carboxylic acids is 1. The number of aromatic amines is 1. The smallest absolute Gasteiger partial charge is 0.303 e. The summed E-state index contributed by atoms with van der Waals surface area (Å²) in [6.07, 6.45) is 21.5. The second-order valence-corrected chi connectivity index (χ2v) is 8.88. The molecule has 0 bridgehead atoms. The lowest BCUT2D eigenvalue weighted by molar-refractivity contribution is -0.609. The second kappa shape index (κ2) is 15.7. The van der Waals surface area contributed by atoms with Gasteiger partial charge in [-0.15, -0.1) is 0 Å². The van der Waals surface area contributed by atoms with Gasteiger partial charge in [0.1, 0.15) is 17.6 Å². The van der Waals surface area contributed by atoms with Crippen molar-refractivity contribution in [3.63, 3.8) is 0 Å². The van der Waals surface area contributed by atoms with Crippen LogP contribution in [0.1, 0.15) is 108 Å². The molecule has 31 heavy (non-hydrogen) atoms. The number of unbranched alkanes of at least 4 members (excludes halogenated alkanes) is 13. The molecule has 172 valence electrons. The summed E-state index contributed by atoms with van der Waals surface area (Å²) in [7, 11) is 0. The highest BCUT2D eigenvalue weighted by atomic mass is 16.4. The van der Waals surface area contributed by atoms with E-state index in [1.807, 2.05) is 0 Å². The van der Waals surface area contributed by atoms with Gasteiger partial charge in [0, 0.05) is 19.8 Å². The zero-order valence-electron chi connectivity index (χ0n) is 19.6. The monoisotopic (exact) mass is 427 g/mol. The van der Waals surface area contributed by atoms with Crippen LogP contribution in [0.4, 0.5) is 0 Å². The van der Waals surface area contributed by atoms with Crippen LogP contribution in [0, 0.1) is 6.92 Å². The zero-order valence-corrected chi connectivity index (χ0v) is 19.6. The standard InChI is InChI=1S/C27H42N2O2/c1-24-28-23-26(29(24)25-19-16-14-17-20-25)21-15-12-10-8-6-4-2-3-5-7-9-11-13-18-22-27(30)31/h14,16-17,19-20,23H,2-13,15,18,21-22H2,1H3,(H,30,31)/p+1. The number of nitrogens with one attached hydrogen (secondary N) is 1. The van der Waals surface area contributed by atoms with Gasteiger partial charge in [-0.2, -0.15) is 4.57 Å². The van der Waals surface area contributed by atoms with Gasteiger partial charge in [0.2, 0.25) is 0 Å². The molecule has 0 radical (unpaired) electrons. The molecule has 1 aromatic carbocycles. The Hall–Kier alpha value is -2.10. The molecule has 0 fully saturated rings. The highest BCUT2D eigenvalue weighted by Gasteiger charge is 2.15. The molecule has 4 nitrogen and oxygen atoms in total. The summed E-state index contributed by atoms with van der Waals surface area (Å²) in [5, 5.41) is 8.61. The Balaban J connectivity index is 1.41. The van der Waals surface area contributed by atoms with Crippen molar-refractivity contribution in [1.82, 2.24) is 4.98 Å². The molecular formula is C27H43N2O2+. The van der Waals surface area contributed by atoms with Crippen molar-refractivity contribution < 1.29 is 14.5 Å². The van der Waals surface area contributed by atoms with Crippen molar-refractivity contribution in [3.8, 4) is 5.69 Å². The van der Waals surface area contributed by atoms with Gasteiger partial charge in [-0.25, -0.2) is 4.98 Å². The molecule has 2 aromatic rings. The summed E-state index contributed by atoms with van der Waals surface area (Å²) in [6.45, 7) is 2.14.